The minimum Gasteiger partial charge on any atom is -0.0654 e. The third kappa shape index (κ3) is 3.75. The molecule has 0 amide bonds. The van der Waals surface area contributed by atoms with Crippen LogP contribution in [0.15, 0.2) is 0 Å². The van der Waals surface area contributed by atoms with Gasteiger partial charge in [-0.3, -0.25) is 0 Å². The molecule has 4 atom stereocenters. The Kier molecular flexibility index (Phi) is 6.05. The highest BCUT2D eigenvalue weighted by atomic mass is 14.4. The number of rotatable bonds is 6. The Morgan fingerprint density at radius 3 is 2.50 bits per heavy atom. The highest BCUT2D eigenvalue weighted by Gasteiger charge is 2.36. The first-order valence-electron chi connectivity index (χ1n) is 8.83. The van der Waals surface area contributed by atoms with Gasteiger partial charge in [-0.15, -0.1) is 0 Å². The molecule has 0 aromatic carbocycles. The molecule has 0 radical (unpaired) electrons. The maximum absolute atomic E-state index is 2.56. The van der Waals surface area contributed by atoms with Gasteiger partial charge >= 0.3 is 0 Å². The zero-order valence-corrected chi connectivity index (χ0v) is 12.8. The van der Waals surface area contributed by atoms with Crippen molar-refractivity contribution in [3.63, 3.8) is 0 Å². The van der Waals surface area contributed by atoms with Gasteiger partial charge in [-0.25, -0.2) is 0 Å². The minimum absolute atomic E-state index is 1.01. The van der Waals surface area contributed by atoms with Gasteiger partial charge in [-0.2, -0.15) is 0 Å². The van der Waals surface area contributed by atoms with Crippen LogP contribution in [0.5, 0.6) is 0 Å². The molecule has 4 unspecified atom stereocenters. The van der Waals surface area contributed by atoms with Crippen LogP contribution in [0.4, 0.5) is 0 Å². The van der Waals surface area contributed by atoms with E-state index in [1.807, 2.05) is 0 Å². The largest absolute Gasteiger partial charge is 0.0654 e. The highest BCUT2D eigenvalue weighted by Crippen LogP contribution is 2.47. The first-order chi connectivity index (χ1) is 8.83. The van der Waals surface area contributed by atoms with E-state index in [-0.39, 0.29) is 0 Å². The van der Waals surface area contributed by atoms with Crippen molar-refractivity contribution in [1.82, 2.24) is 0 Å². The second kappa shape index (κ2) is 7.56. The summed E-state index contributed by atoms with van der Waals surface area (Å²) in [7, 11) is 0. The van der Waals surface area contributed by atoms with Crippen LogP contribution in [0.1, 0.15) is 90.9 Å². The molecule has 2 saturated carbocycles. The summed E-state index contributed by atoms with van der Waals surface area (Å²) in [4.78, 5) is 0. The normalized spacial score (nSPS) is 34.0. The summed E-state index contributed by atoms with van der Waals surface area (Å²) < 4.78 is 0. The lowest BCUT2D eigenvalue weighted by Gasteiger charge is -2.44. The first kappa shape index (κ1) is 14.4. The molecule has 0 aromatic rings. The second-order valence-electron chi connectivity index (χ2n) is 7.13. The quantitative estimate of drug-likeness (QED) is 0.492. The molecule has 0 nitrogen and oxygen atoms in total. The summed E-state index contributed by atoms with van der Waals surface area (Å²) in [5, 5.41) is 0. The van der Waals surface area contributed by atoms with E-state index in [2.05, 4.69) is 13.8 Å². The molecule has 2 rings (SSSR count). The van der Waals surface area contributed by atoms with Crippen molar-refractivity contribution in [3.8, 4) is 0 Å². The summed E-state index contributed by atoms with van der Waals surface area (Å²) in [6, 6.07) is 0. The number of hydrogen-bond acceptors (Lipinski definition) is 0. The summed E-state index contributed by atoms with van der Waals surface area (Å²) in [5.74, 6) is 4.34. The Morgan fingerprint density at radius 2 is 1.67 bits per heavy atom. The topological polar surface area (TPSA) is 0 Å². The van der Waals surface area contributed by atoms with Gasteiger partial charge in [0.25, 0.3) is 0 Å². The van der Waals surface area contributed by atoms with E-state index in [1.165, 1.54) is 51.4 Å². The molecule has 2 aliphatic carbocycles. The summed E-state index contributed by atoms with van der Waals surface area (Å²) in [6.45, 7) is 4.88. The number of hydrogen-bond donors (Lipinski definition) is 0. The Hall–Kier alpha value is 0. The van der Waals surface area contributed by atoms with Crippen molar-refractivity contribution in [2.45, 2.75) is 90.9 Å². The van der Waals surface area contributed by atoms with Crippen LogP contribution in [0.2, 0.25) is 0 Å². The molecule has 0 heteroatoms. The van der Waals surface area contributed by atoms with E-state index < -0.39 is 0 Å². The zero-order valence-electron chi connectivity index (χ0n) is 12.8. The van der Waals surface area contributed by atoms with Crippen LogP contribution < -0.4 is 0 Å². The average Bonchev–Trinajstić information content (AvgIpc) is 2.43. The molecular formula is C18H34. The Balaban J connectivity index is 1.78. The van der Waals surface area contributed by atoms with E-state index >= 15 is 0 Å². The molecule has 18 heavy (non-hydrogen) atoms. The van der Waals surface area contributed by atoms with E-state index in [0.29, 0.717) is 0 Å². The maximum Gasteiger partial charge on any atom is -0.0355 e. The van der Waals surface area contributed by atoms with Crippen molar-refractivity contribution in [3.05, 3.63) is 0 Å². The standard InChI is InChI=1S/C18H34/c1-3-4-5-6-10-15(2)17-14-9-12-16-11-7-8-13-18(16)17/h15-18H,3-14H2,1-2H3. The molecule has 0 aliphatic heterocycles. The molecule has 0 heterocycles. The SMILES string of the molecule is CCCCCCC(C)C1CCCC2CCCCC21. The number of unbranched alkanes of at least 4 members (excludes halogenated alkanes) is 3. The fourth-order valence-electron chi connectivity index (χ4n) is 4.80. The third-order valence-corrected chi connectivity index (χ3v) is 5.87. The summed E-state index contributed by atoms with van der Waals surface area (Å²) in [5.41, 5.74) is 0. The molecule has 0 N–H and O–H groups in total. The van der Waals surface area contributed by atoms with Gasteiger partial charge in [-0.05, 0) is 36.5 Å². The Morgan fingerprint density at radius 1 is 0.889 bits per heavy atom. The lowest BCUT2D eigenvalue weighted by Crippen LogP contribution is -2.34. The van der Waals surface area contributed by atoms with Gasteiger partial charge in [0.2, 0.25) is 0 Å². The lowest BCUT2D eigenvalue weighted by atomic mass is 9.62. The van der Waals surface area contributed by atoms with Crippen LogP contribution >= 0.6 is 0 Å². The van der Waals surface area contributed by atoms with Gasteiger partial charge in [0.1, 0.15) is 0 Å². The van der Waals surface area contributed by atoms with Crippen LogP contribution in [0, 0.1) is 23.7 Å². The van der Waals surface area contributed by atoms with Crippen molar-refractivity contribution in [2.75, 3.05) is 0 Å². The van der Waals surface area contributed by atoms with Gasteiger partial charge < -0.3 is 0 Å². The molecule has 106 valence electrons. The molecule has 2 fully saturated rings. The maximum atomic E-state index is 2.56. The molecule has 0 bridgehead atoms. The van der Waals surface area contributed by atoms with Gasteiger partial charge in [0.05, 0.1) is 0 Å². The second-order valence-corrected chi connectivity index (χ2v) is 7.13. The molecule has 0 saturated heterocycles. The van der Waals surface area contributed by atoms with E-state index in [9.17, 15) is 0 Å². The smallest absolute Gasteiger partial charge is 0.0355 e. The van der Waals surface area contributed by atoms with Crippen LogP contribution in [-0.4, -0.2) is 0 Å². The average molecular weight is 250 g/mol. The lowest BCUT2D eigenvalue weighted by molar-refractivity contribution is 0.0657. The predicted molar refractivity (Wildman–Crippen MR) is 80.7 cm³/mol. The van der Waals surface area contributed by atoms with Crippen LogP contribution in [0.25, 0.3) is 0 Å². The summed E-state index contributed by atoms with van der Waals surface area (Å²) >= 11 is 0. The Bertz CT molecular complexity index is 218. The number of fused-ring (bicyclic) bond motifs is 1. The van der Waals surface area contributed by atoms with Crippen LogP contribution in [0.3, 0.4) is 0 Å². The third-order valence-electron chi connectivity index (χ3n) is 5.87. The van der Waals surface area contributed by atoms with Crippen molar-refractivity contribution in [1.29, 1.82) is 0 Å². The molecule has 0 spiro atoms. The van der Waals surface area contributed by atoms with E-state index in [1.54, 1.807) is 25.7 Å². The van der Waals surface area contributed by atoms with Crippen LogP contribution in [-0.2, 0) is 0 Å². The first-order valence-corrected chi connectivity index (χ1v) is 8.83. The molecule has 0 aromatic heterocycles. The predicted octanol–water partition coefficient (Wildman–Crippen LogP) is 6.20. The Labute approximate surface area is 115 Å². The van der Waals surface area contributed by atoms with Gasteiger partial charge in [0.15, 0.2) is 0 Å². The molecule has 2 aliphatic rings. The fraction of sp³-hybridized carbons (Fsp3) is 1.00. The summed E-state index contributed by atoms with van der Waals surface area (Å²) in [6.07, 6.45) is 18.1. The highest BCUT2D eigenvalue weighted by molar-refractivity contribution is 4.87. The monoisotopic (exact) mass is 250 g/mol. The van der Waals surface area contributed by atoms with Crippen molar-refractivity contribution >= 4 is 0 Å². The fourth-order valence-corrected chi connectivity index (χ4v) is 4.80. The van der Waals surface area contributed by atoms with E-state index in [4.69, 9.17) is 0 Å². The van der Waals surface area contributed by atoms with Crippen molar-refractivity contribution < 1.29 is 0 Å². The van der Waals surface area contributed by atoms with Gasteiger partial charge in [0, 0.05) is 0 Å². The van der Waals surface area contributed by atoms with Gasteiger partial charge in [-0.1, -0.05) is 78.1 Å². The minimum atomic E-state index is 1.01. The molecular weight excluding hydrogens is 216 g/mol. The van der Waals surface area contributed by atoms with Crippen molar-refractivity contribution in [2.24, 2.45) is 23.7 Å². The van der Waals surface area contributed by atoms with E-state index in [0.717, 1.165) is 23.7 Å². The zero-order chi connectivity index (χ0) is 12.8.